The second-order valence-corrected chi connectivity index (χ2v) is 11.1. The number of pyridine rings is 2. The van der Waals surface area contributed by atoms with Crippen molar-refractivity contribution in [1.29, 1.82) is 0 Å². The quantitative estimate of drug-likeness (QED) is 0.427. The number of amides is 1. The lowest BCUT2D eigenvalue weighted by Crippen LogP contribution is -2.40. The van der Waals surface area contributed by atoms with Gasteiger partial charge in [-0.3, -0.25) is 9.20 Å². The van der Waals surface area contributed by atoms with Crippen molar-refractivity contribution in [3.63, 3.8) is 0 Å². The first-order valence-electron chi connectivity index (χ1n) is 13.6. The smallest absolute Gasteiger partial charge is 0.254 e. The molecular formula is C29H34N6O2. The molecule has 8 heteroatoms. The fraction of sp³-hybridized carbons (Fsp3) is 0.483. The predicted molar refractivity (Wildman–Crippen MR) is 143 cm³/mol. The number of aryl methyl sites for hydroxylation is 2. The fourth-order valence-corrected chi connectivity index (χ4v) is 6.60. The van der Waals surface area contributed by atoms with E-state index < -0.39 is 0 Å². The molecule has 192 valence electrons. The lowest BCUT2D eigenvalue weighted by molar-refractivity contribution is 0.0726. The Bertz CT molecular complexity index is 1550. The highest BCUT2D eigenvalue weighted by atomic mass is 16.5. The first kappa shape index (κ1) is 22.8. The van der Waals surface area contributed by atoms with E-state index in [0.717, 1.165) is 71.7 Å². The molecule has 2 saturated heterocycles. The first-order chi connectivity index (χ1) is 18.0. The van der Waals surface area contributed by atoms with Crippen LogP contribution in [-0.4, -0.2) is 55.0 Å². The van der Waals surface area contributed by atoms with Crippen LogP contribution in [0.4, 0.5) is 0 Å². The molecule has 0 radical (unpaired) electrons. The van der Waals surface area contributed by atoms with Gasteiger partial charge in [0.25, 0.3) is 5.91 Å². The minimum atomic E-state index is 0.0302. The Morgan fingerprint density at radius 3 is 2.65 bits per heavy atom. The van der Waals surface area contributed by atoms with E-state index >= 15 is 0 Å². The summed E-state index contributed by atoms with van der Waals surface area (Å²) in [6.07, 6.45) is 6.35. The van der Waals surface area contributed by atoms with Gasteiger partial charge in [-0.25, -0.2) is 9.97 Å². The summed E-state index contributed by atoms with van der Waals surface area (Å²) in [4.78, 5) is 25.7. The molecule has 1 aliphatic carbocycles. The Kier molecular flexibility index (Phi) is 5.12. The maximum Gasteiger partial charge on any atom is 0.254 e. The molecule has 37 heavy (non-hydrogen) atoms. The van der Waals surface area contributed by atoms with Crippen LogP contribution in [0.2, 0.25) is 0 Å². The van der Waals surface area contributed by atoms with Crippen LogP contribution in [-0.2, 0) is 13.0 Å². The number of nitrogens with two attached hydrogens (primary N) is 1. The molecular weight excluding hydrogens is 464 g/mol. The van der Waals surface area contributed by atoms with Crippen molar-refractivity contribution in [2.24, 2.45) is 11.7 Å². The number of nitrogens with zero attached hydrogens (tertiary/aromatic N) is 5. The number of methoxy groups -OCH3 is 1. The number of aromatic nitrogens is 4. The van der Waals surface area contributed by atoms with Crippen molar-refractivity contribution < 1.29 is 9.53 Å². The van der Waals surface area contributed by atoms with Crippen LogP contribution >= 0.6 is 0 Å². The van der Waals surface area contributed by atoms with E-state index in [0.29, 0.717) is 17.4 Å². The van der Waals surface area contributed by atoms with Crippen LogP contribution in [0.5, 0.6) is 5.88 Å². The van der Waals surface area contributed by atoms with Crippen LogP contribution in [0.1, 0.15) is 60.8 Å². The Labute approximate surface area is 216 Å². The normalized spacial score (nSPS) is 23.0. The molecule has 0 spiro atoms. The molecule has 2 aliphatic heterocycles. The largest absolute Gasteiger partial charge is 0.482 e. The van der Waals surface area contributed by atoms with E-state index in [1.54, 1.807) is 7.11 Å². The minimum Gasteiger partial charge on any atom is -0.482 e. The summed E-state index contributed by atoms with van der Waals surface area (Å²) in [5, 5.41) is 1.13. The zero-order chi connectivity index (χ0) is 25.4. The van der Waals surface area contributed by atoms with Crippen molar-refractivity contribution in [3.8, 4) is 17.3 Å². The van der Waals surface area contributed by atoms with Crippen molar-refractivity contribution in [3.05, 3.63) is 47.3 Å². The predicted octanol–water partition coefficient (Wildman–Crippen LogP) is 4.34. The van der Waals surface area contributed by atoms with E-state index in [1.807, 2.05) is 21.4 Å². The van der Waals surface area contributed by atoms with Crippen molar-refractivity contribution in [2.45, 2.75) is 77.0 Å². The average Bonchev–Trinajstić information content (AvgIpc) is 3.23. The van der Waals surface area contributed by atoms with Gasteiger partial charge in [0.1, 0.15) is 17.0 Å². The van der Waals surface area contributed by atoms with Gasteiger partial charge in [0, 0.05) is 47.4 Å². The van der Waals surface area contributed by atoms with Gasteiger partial charge in [-0.05, 0) is 75.6 Å². The number of fused-ring (bicyclic) bond motifs is 4. The topological polar surface area (TPSA) is 90.7 Å². The molecule has 2 N–H and O–H groups in total. The summed E-state index contributed by atoms with van der Waals surface area (Å²) >= 11 is 0. The number of carbonyl (C=O) groups excluding carboxylic acids is 1. The number of hydrogen-bond donors (Lipinski definition) is 1. The summed E-state index contributed by atoms with van der Waals surface area (Å²) < 4.78 is 10.2. The lowest BCUT2D eigenvalue weighted by Gasteiger charge is -2.23. The van der Waals surface area contributed by atoms with Gasteiger partial charge in [0.15, 0.2) is 5.88 Å². The molecule has 0 unspecified atom stereocenters. The molecule has 1 amide bonds. The third-order valence-electron chi connectivity index (χ3n) is 8.74. The number of hydrogen-bond acceptors (Lipinski definition) is 5. The second-order valence-electron chi connectivity index (χ2n) is 11.1. The molecule has 1 saturated carbocycles. The summed E-state index contributed by atoms with van der Waals surface area (Å²) in [6.45, 7) is 5.16. The first-order valence-corrected chi connectivity index (χ1v) is 13.6. The molecule has 4 aromatic rings. The molecule has 2 bridgehead atoms. The van der Waals surface area contributed by atoms with Gasteiger partial charge >= 0.3 is 0 Å². The third-order valence-corrected chi connectivity index (χ3v) is 8.74. The highest BCUT2D eigenvalue weighted by Crippen LogP contribution is 2.40. The zero-order valence-corrected chi connectivity index (χ0v) is 21.8. The Morgan fingerprint density at radius 1 is 1.14 bits per heavy atom. The van der Waals surface area contributed by atoms with E-state index in [-0.39, 0.29) is 24.0 Å². The standard InChI is InChI=1S/C29H34N6O2/c1-4-20-8-7-18-11-24(33(28(18)31-20)15-17-5-6-17)27-16(2)34-25(32-27)12-19(13-26(34)37-3)29(36)35-21-9-10-23(35)22(30)14-21/h7-8,11-13,17,21-23H,4-6,9-10,14-15,30H2,1-3H3/t21-,22+,23+/m0/s1. The molecule has 0 aromatic carbocycles. The van der Waals surface area contributed by atoms with Gasteiger partial charge in [-0.15, -0.1) is 0 Å². The maximum atomic E-state index is 13.7. The number of ether oxygens (including phenoxy) is 1. The van der Waals surface area contributed by atoms with Gasteiger partial charge in [-0.2, -0.15) is 0 Å². The van der Waals surface area contributed by atoms with Gasteiger partial charge in [0.05, 0.1) is 18.5 Å². The molecule has 3 aliphatic rings. The van der Waals surface area contributed by atoms with Gasteiger partial charge in [-0.1, -0.05) is 6.92 Å². The SMILES string of the molecule is CCc1ccc2cc(-c3nc4cc(C(=O)N5[C@H]6CC[C@@H]5[C@H](N)C6)cc(OC)n4c3C)n(CC3CC3)c2n1. The van der Waals surface area contributed by atoms with Crippen LogP contribution in [0, 0.1) is 12.8 Å². The van der Waals surface area contributed by atoms with Crippen LogP contribution in [0.15, 0.2) is 30.3 Å². The Hall–Kier alpha value is -3.39. The zero-order valence-electron chi connectivity index (χ0n) is 21.8. The van der Waals surface area contributed by atoms with Crippen LogP contribution in [0.25, 0.3) is 28.1 Å². The summed E-state index contributed by atoms with van der Waals surface area (Å²) in [5.41, 5.74) is 12.7. The minimum absolute atomic E-state index is 0.0302. The highest BCUT2D eigenvalue weighted by Gasteiger charge is 2.47. The van der Waals surface area contributed by atoms with E-state index in [2.05, 4.69) is 36.6 Å². The maximum absolute atomic E-state index is 13.7. The van der Waals surface area contributed by atoms with E-state index in [1.165, 1.54) is 12.8 Å². The average molecular weight is 499 g/mol. The van der Waals surface area contributed by atoms with Gasteiger partial charge < -0.3 is 19.9 Å². The van der Waals surface area contributed by atoms with Crippen molar-refractivity contribution in [1.82, 2.24) is 23.8 Å². The van der Waals surface area contributed by atoms with Crippen molar-refractivity contribution in [2.75, 3.05) is 7.11 Å². The Balaban J connectivity index is 1.36. The number of imidazole rings is 1. The van der Waals surface area contributed by atoms with E-state index in [9.17, 15) is 4.79 Å². The lowest BCUT2D eigenvalue weighted by atomic mass is 9.97. The molecule has 3 atom stereocenters. The van der Waals surface area contributed by atoms with Crippen molar-refractivity contribution >= 4 is 22.6 Å². The van der Waals surface area contributed by atoms with Gasteiger partial charge in [0.2, 0.25) is 0 Å². The third kappa shape index (κ3) is 3.49. The monoisotopic (exact) mass is 498 g/mol. The van der Waals surface area contributed by atoms with Crippen LogP contribution < -0.4 is 10.5 Å². The molecule has 7 rings (SSSR count). The number of rotatable bonds is 6. The fourth-order valence-electron chi connectivity index (χ4n) is 6.60. The molecule has 6 heterocycles. The molecule has 3 fully saturated rings. The second kappa shape index (κ2) is 8.31. The summed E-state index contributed by atoms with van der Waals surface area (Å²) in [5.74, 6) is 1.34. The highest BCUT2D eigenvalue weighted by molar-refractivity contribution is 5.96. The summed E-state index contributed by atoms with van der Waals surface area (Å²) in [6, 6.07) is 10.7. The molecule has 8 nitrogen and oxygen atoms in total. The van der Waals surface area contributed by atoms with Crippen LogP contribution in [0.3, 0.4) is 0 Å². The molecule has 4 aromatic heterocycles. The Morgan fingerprint density at radius 2 is 1.97 bits per heavy atom. The number of carbonyl (C=O) groups is 1. The summed E-state index contributed by atoms with van der Waals surface area (Å²) in [7, 11) is 1.65. The van der Waals surface area contributed by atoms with E-state index in [4.69, 9.17) is 20.4 Å².